The largest absolute Gasteiger partial charge is 0.378 e. The van der Waals surface area contributed by atoms with Gasteiger partial charge in [-0.15, -0.1) is 0 Å². The maximum Gasteiger partial charge on any atom is 0.175 e. The van der Waals surface area contributed by atoms with E-state index in [1.165, 1.54) is 18.4 Å². The van der Waals surface area contributed by atoms with Gasteiger partial charge in [-0.25, -0.2) is 12.8 Å². The van der Waals surface area contributed by atoms with Crippen molar-refractivity contribution in [3.05, 3.63) is 58.3 Å². The van der Waals surface area contributed by atoms with Crippen LogP contribution in [-0.4, -0.2) is 14.7 Å². The Balaban J connectivity index is 2.18. The summed E-state index contributed by atoms with van der Waals surface area (Å²) >= 11 is 3.34. The molecule has 21 heavy (non-hydrogen) atoms. The Morgan fingerprint density at radius 1 is 1.14 bits per heavy atom. The second kappa shape index (κ2) is 6.15. The van der Waals surface area contributed by atoms with Crippen molar-refractivity contribution in [1.82, 2.24) is 0 Å². The van der Waals surface area contributed by atoms with Crippen molar-refractivity contribution in [2.24, 2.45) is 0 Å². The zero-order chi connectivity index (χ0) is 15.6. The fourth-order valence-corrected chi connectivity index (χ4v) is 3.30. The number of nitrogens with one attached hydrogen (secondary N) is 1. The molecule has 0 saturated carbocycles. The average molecular weight is 372 g/mol. The van der Waals surface area contributed by atoms with E-state index in [9.17, 15) is 12.8 Å². The molecule has 0 heterocycles. The number of anilines is 1. The summed E-state index contributed by atoms with van der Waals surface area (Å²) in [6.07, 6.45) is 1.17. The van der Waals surface area contributed by atoms with Crippen molar-refractivity contribution in [2.75, 3.05) is 11.6 Å². The van der Waals surface area contributed by atoms with Crippen molar-refractivity contribution in [3.63, 3.8) is 0 Å². The van der Waals surface area contributed by atoms with Gasteiger partial charge in [0.2, 0.25) is 0 Å². The van der Waals surface area contributed by atoms with Crippen LogP contribution in [0.5, 0.6) is 0 Å². The topological polar surface area (TPSA) is 46.2 Å². The first kappa shape index (κ1) is 16.0. The molecule has 0 aromatic heterocycles. The molecule has 0 aliphatic carbocycles. The minimum atomic E-state index is -3.19. The van der Waals surface area contributed by atoms with E-state index >= 15 is 0 Å². The molecule has 0 aliphatic heterocycles. The van der Waals surface area contributed by atoms with Crippen LogP contribution in [-0.2, 0) is 9.84 Å². The molecule has 6 heteroatoms. The molecule has 1 N–H and O–H groups in total. The minimum absolute atomic E-state index is 0.0518. The van der Waals surface area contributed by atoms with Gasteiger partial charge in [0.15, 0.2) is 9.84 Å². The Kier molecular flexibility index (Phi) is 4.68. The number of benzene rings is 2. The quantitative estimate of drug-likeness (QED) is 0.877. The first-order chi connectivity index (χ1) is 9.77. The third kappa shape index (κ3) is 4.04. The second-order valence-corrected chi connectivity index (χ2v) is 7.70. The first-order valence-corrected chi connectivity index (χ1v) is 8.97. The molecule has 2 aromatic carbocycles. The Morgan fingerprint density at radius 3 is 2.29 bits per heavy atom. The molecule has 0 spiro atoms. The summed E-state index contributed by atoms with van der Waals surface area (Å²) in [6, 6.07) is 11.0. The summed E-state index contributed by atoms with van der Waals surface area (Å²) in [6.45, 7) is 1.95. The van der Waals surface area contributed by atoms with Gasteiger partial charge in [-0.1, -0.05) is 22.0 Å². The summed E-state index contributed by atoms with van der Waals surface area (Å²) in [4.78, 5) is 0.281. The Hall–Kier alpha value is -1.40. The summed E-state index contributed by atoms with van der Waals surface area (Å²) in [5.74, 6) is -0.296. The van der Waals surface area contributed by atoms with Crippen molar-refractivity contribution in [3.8, 4) is 0 Å². The highest BCUT2D eigenvalue weighted by Crippen LogP contribution is 2.27. The predicted octanol–water partition coefficient (Wildman–Crippen LogP) is 4.16. The van der Waals surface area contributed by atoms with E-state index in [0.29, 0.717) is 4.47 Å². The van der Waals surface area contributed by atoms with E-state index in [1.54, 1.807) is 30.3 Å². The molecule has 112 valence electrons. The van der Waals surface area contributed by atoms with Crippen molar-refractivity contribution in [1.29, 1.82) is 0 Å². The van der Waals surface area contributed by atoms with E-state index in [1.807, 2.05) is 6.92 Å². The van der Waals surface area contributed by atoms with Gasteiger partial charge >= 0.3 is 0 Å². The van der Waals surface area contributed by atoms with Gasteiger partial charge in [0.05, 0.1) is 4.90 Å². The normalized spacial score (nSPS) is 13.0. The van der Waals surface area contributed by atoms with E-state index in [0.717, 1.165) is 11.3 Å². The predicted molar refractivity (Wildman–Crippen MR) is 85.7 cm³/mol. The van der Waals surface area contributed by atoms with E-state index in [4.69, 9.17) is 0 Å². The van der Waals surface area contributed by atoms with Crippen molar-refractivity contribution >= 4 is 31.5 Å². The summed E-state index contributed by atoms with van der Waals surface area (Å²) in [5, 5.41) is 3.25. The van der Waals surface area contributed by atoms with E-state index in [-0.39, 0.29) is 16.8 Å². The lowest BCUT2D eigenvalue weighted by molar-refractivity contribution is 0.602. The Bertz CT molecular complexity index is 745. The average Bonchev–Trinajstić information content (AvgIpc) is 2.38. The lowest BCUT2D eigenvalue weighted by atomic mass is 10.1. The van der Waals surface area contributed by atoms with Gasteiger partial charge in [0.25, 0.3) is 0 Å². The van der Waals surface area contributed by atoms with Crippen LogP contribution in [0.4, 0.5) is 10.1 Å². The number of rotatable bonds is 4. The Labute approximate surface area is 132 Å². The SMILES string of the molecule is CC(Nc1ccc(S(C)(=O)=O)cc1)c1ccc(F)cc1Br. The zero-order valence-corrected chi connectivity index (χ0v) is 14.0. The van der Waals surface area contributed by atoms with Gasteiger partial charge < -0.3 is 5.32 Å². The molecule has 0 aliphatic rings. The van der Waals surface area contributed by atoms with E-state index in [2.05, 4.69) is 21.2 Å². The summed E-state index contributed by atoms with van der Waals surface area (Å²) in [5.41, 5.74) is 1.72. The highest BCUT2D eigenvalue weighted by atomic mass is 79.9. The van der Waals surface area contributed by atoms with Gasteiger partial charge in [0, 0.05) is 22.5 Å². The van der Waals surface area contributed by atoms with Gasteiger partial charge in [-0.2, -0.15) is 0 Å². The molecular weight excluding hydrogens is 357 g/mol. The molecule has 0 radical (unpaired) electrons. The van der Waals surface area contributed by atoms with E-state index < -0.39 is 9.84 Å². The van der Waals surface area contributed by atoms with Gasteiger partial charge in [-0.3, -0.25) is 0 Å². The molecular formula is C15H15BrFNO2S. The highest BCUT2D eigenvalue weighted by molar-refractivity contribution is 9.10. The smallest absolute Gasteiger partial charge is 0.175 e. The molecule has 2 rings (SSSR count). The van der Waals surface area contributed by atoms with Gasteiger partial charge in [0.1, 0.15) is 5.82 Å². The summed E-state index contributed by atoms with van der Waals surface area (Å²) in [7, 11) is -3.19. The van der Waals surface area contributed by atoms with Gasteiger partial charge in [-0.05, 0) is 48.9 Å². The standard InChI is InChI=1S/C15H15BrFNO2S/c1-10(14-8-3-11(17)9-15(14)16)18-12-4-6-13(7-5-12)21(2,19)20/h3-10,18H,1-2H3. The maximum absolute atomic E-state index is 13.1. The lowest BCUT2D eigenvalue weighted by Crippen LogP contribution is -2.07. The molecule has 0 saturated heterocycles. The third-order valence-corrected chi connectivity index (χ3v) is 4.91. The molecule has 1 atom stereocenters. The second-order valence-electron chi connectivity index (χ2n) is 4.83. The number of sulfone groups is 1. The fraction of sp³-hybridized carbons (Fsp3) is 0.200. The number of hydrogen-bond donors (Lipinski definition) is 1. The van der Waals surface area contributed by atoms with Crippen LogP contribution >= 0.6 is 15.9 Å². The number of halogens is 2. The fourth-order valence-electron chi connectivity index (χ4n) is 1.98. The molecule has 0 fully saturated rings. The molecule has 0 amide bonds. The first-order valence-electron chi connectivity index (χ1n) is 6.29. The van der Waals surface area contributed by atoms with Crippen molar-refractivity contribution < 1.29 is 12.8 Å². The van der Waals surface area contributed by atoms with Crippen LogP contribution in [0.2, 0.25) is 0 Å². The van der Waals surface area contributed by atoms with Crippen molar-refractivity contribution in [2.45, 2.75) is 17.9 Å². The Morgan fingerprint density at radius 2 is 1.76 bits per heavy atom. The van der Waals surface area contributed by atoms with Crippen LogP contribution in [0.15, 0.2) is 51.8 Å². The van der Waals surface area contributed by atoms with Crippen LogP contribution in [0.3, 0.4) is 0 Å². The van der Waals surface area contributed by atoms with Crippen LogP contribution in [0, 0.1) is 5.82 Å². The number of hydrogen-bond acceptors (Lipinski definition) is 3. The molecule has 2 aromatic rings. The zero-order valence-electron chi connectivity index (χ0n) is 11.6. The summed E-state index contributed by atoms with van der Waals surface area (Å²) < 4.78 is 36.6. The maximum atomic E-state index is 13.1. The molecule has 1 unspecified atom stereocenters. The minimum Gasteiger partial charge on any atom is -0.378 e. The molecule has 0 bridgehead atoms. The van der Waals surface area contributed by atoms with Crippen LogP contribution in [0.1, 0.15) is 18.5 Å². The van der Waals surface area contributed by atoms with Crippen LogP contribution < -0.4 is 5.32 Å². The molecule has 3 nitrogen and oxygen atoms in total. The van der Waals surface area contributed by atoms with Crippen LogP contribution in [0.25, 0.3) is 0 Å². The monoisotopic (exact) mass is 371 g/mol. The third-order valence-electron chi connectivity index (χ3n) is 3.09. The lowest BCUT2D eigenvalue weighted by Gasteiger charge is -2.17. The highest BCUT2D eigenvalue weighted by Gasteiger charge is 2.11.